The normalized spacial score (nSPS) is 17.6. The molecular weight excluding hydrogens is 366 g/mol. The van der Waals surface area contributed by atoms with E-state index in [-0.39, 0.29) is 5.91 Å². The summed E-state index contributed by atoms with van der Waals surface area (Å²) in [5.41, 5.74) is 0.668. The lowest BCUT2D eigenvalue weighted by molar-refractivity contribution is -0.114. The van der Waals surface area contributed by atoms with Crippen LogP contribution in [0.4, 0.5) is 10.9 Å². The Morgan fingerprint density at radius 2 is 2.00 bits per heavy atom. The van der Waals surface area contributed by atoms with Gasteiger partial charge in [-0.1, -0.05) is 30.2 Å². The van der Waals surface area contributed by atoms with E-state index in [0.717, 1.165) is 18.0 Å². The summed E-state index contributed by atoms with van der Waals surface area (Å²) >= 11 is 1.37. The summed E-state index contributed by atoms with van der Waals surface area (Å²) in [6.07, 6.45) is 3.76. The maximum atomic E-state index is 11.6. The zero-order valence-electron chi connectivity index (χ0n) is 15.2. The molecular formula is C19H23N3O4S. The van der Waals surface area contributed by atoms with E-state index >= 15 is 0 Å². The molecule has 1 aliphatic heterocycles. The van der Waals surface area contributed by atoms with Crippen LogP contribution in [0.15, 0.2) is 18.2 Å². The third-order valence-electron chi connectivity index (χ3n) is 4.76. The molecule has 2 heterocycles. The maximum absolute atomic E-state index is 11.6. The van der Waals surface area contributed by atoms with Gasteiger partial charge in [0.2, 0.25) is 5.91 Å². The van der Waals surface area contributed by atoms with Crippen LogP contribution in [-0.2, 0) is 4.79 Å². The summed E-state index contributed by atoms with van der Waals surface area (Å²) in [7, 11) is 0. The van der Waals surface area contributed by atoms with Crippen LogP contribution in [0.5, 0.6) is 11.5 Å². The first-order valence-electron chi connectivity index (χ1n) is 9.22. The molecule has 0 bridgehead atoms. The lowest BCUT2D eigenvalue weighted by Crippen LogP contribution is -2.16. The molecule has 3 N–H and O–H groups in total. The van der Waals surface area contributed by atoms with Crippen molar-refractivity contribution in [3.05, 3.63) is 28.6 Å². The number of hydrogen-bond donors (Lipinski definition) is 3. The first-order chi connectivity index (χ1) is 13.1. The van der Waals surface area contributed by atoms with Crippen molar-refractivity contribution >= 4 is 28.2 Å². The smallest absolute Gasteiger partial charge is 0.222 e. The molecule has 27 heavy (non-hydrogen) atoms. The number of benzene rings is 1. The van der Waals surface area contributed by atoms with Gasteiger partial charge in [0.25, 0.3) is 0 Å². The summed E-state index contributed by atoms with van der Waals surface area (Å²) < 4.78 is 11.1. The van der Waals surface area contributed by atoms with Gasteiger partial charge in [-0.2, -0.15) is 0 Å². The molecule has 2 aliphatic rings. The fourth-order valence-corrected chi connectivity index (χ4v) is 4.47. The number of carbonyl (C=O) groups excluding carboxylic acids is 1. The summed E-state index contributed by atoms with van der Waals surface area (Å²) in [5.74, 6) is 1.47. The van der Waals surface area contributed by atoms with E-state index in [0.29, 0.717) is 47.0 Å². The highest BCUT2D eigenvalue weighted by Gasteiger charge is 2.24. The third kappa shape index (κ3) is 4.01. The topological polar surface area (TPSA) is 92.7 Å². The standard InChI is InChI=1S/C19H23N3O4S/c1-11(23)20-18-17(27-19(22-18)21-13-4-2-3-5-13)16(24)12-6-7-14-15(10-12)26-9-8-25-14/h6-7,10,13,16,24H,2-5,8-9H2,1H3,(H,20,23)(H,21,22). The molecule has 0 radical (unpaired) electrons. The minimum absolute atomic E-state index is 0.219. The molecule has 1 unspecified atom stereocenters. The number of aliphatic hydroxyl groups excluding tert-OH is 1. The Morgan fingerprint density at radius 1 is 1.26 bits per heavy atom. The maximum Gasteiger partial charge on any atom is 0.222 e. The van der Waals surface area contributed by atoms with Crippen LogP contribution >= 0.6 is 11.3 Å². The van der Waals surface area contributed by atoms with E-state index < -0.39 is 6.10 Å². The number of amides is 1. The predicted molar refractivity (Wildman–Crippen MR) is 104 cm³/mol. The minimum atomic E-state index is -0.917. The van der Waals surface area contributed by atoms with Crippen molar-refractivity contribution in [3.63, 3.8) is 0 Å². The zero-order valence-corrected chi connectivity index (χ0v) is 16.0. The number of hydrogen-bond acceptors (Lipinski definition) is 7. The number of ether oxygens (including phenoxy) is 2. The van der Waals surface area contributed by atoms with E-state index in [4.69, 9.17) is 9.47 Å². The van der Waals surface area contributed by atoms with Crippen molar-refractivity contribution in [1.82, 2.24) is 4.98 Å². The van der Waals surface area contributed by atoms with Gasteiger partial charge in [0.05, 0.1) is 4.88 Å². The fraction of sp³-hybridized carbons (Fsp3) is 0.474. The van der Waals surface area contributed by atoms with Gasteiger partial charge in [-0.3, -0.25) is 4.79 Å². The Bertz CT molecular complexity index is 832. The van der Waals surface area contributed by atoms with Gasteiger partial charge in [-0.05, 0) is 30.5 Å². The number of nitrogens with zero attached hydrogens (tertiary/aromatic N) is 1. The molecule has 1 amide bonds. The molecule has 1 atom stereocenters. The van der Waals surface area contributed by atoms with Crippen molar-refractivity contribution in [2.24, 2.45) is 0 Å². The van der Waals surface area contributed by atoms with Gasteiger partial charge in [-0.25, -0.2) is 4.98 Å². The van der Waals surface area contributed by atoms with Crippen LogP contribution in [0.1, 0.15) is 49.2 Å². The molecule has 8 heteroatoms. The van der Waals surface area contributed by atoms with E-state index in [1.165, 1.54) is 31.1 Å². The van der Waals surface area contributed by atoms with Gasteiger partial charge in [0.15, 0.2) is 22.4 Å². The van der Waals surface area contributed by atoms with Crippen LogP contribution in [0.3, 0.4) is 0 Å². The number of fused-ring (bicyclic) bond motifs is 1. The first kappa shape index (κ1) is 18.1. The SMILES string of the molecule is CC(=O)Nc1nc(NC2CCCC2)sc1C(O)c1ccc2c(c1)OCCO2. The largest absolute Gasteiger partial charge is 0.486 e. The molecule has 1 aliphatic carbocycles. The second-order valence-corrected chi connectivity index (χ2v) is 7.88. The molecule has 1 aromatic carbocycles. The molecule has 1 saturated carbocycles. The quantitative estimate of drug-likeness (QED) is 0.727. The molecule has 1 aromatic heterocycles. The lowest BCUT2D eigenvalue weighted by Gasteiger charge is -2.20. The summed E-state index contributed by atoms with van der Waals surface area (Å²) in [4.78, 5) is 16.7. The summed E-state index contributed by atoms with van der Waals surface area (Å²) in [6.45, 7) is 2.44. The number of carbonyl (C=O) groups is 1. The predicted octanol–water partition coefficient (Wildman–Crippen LogP) is 3.31. The van der Waals surface area contributed by atoms with E-state index in [1.807, 2.05) is 0 Å². The Balaban J connectivity index is 1.61. The Hall–Kier alpha value is -2.32. The van der Waals surface area contributed by atoms with E-state index in [1.54, 1.807) is 18.2 Å². The van der Waals surface area contributed by atoms with Crippen LogP contribution in [0, 0.1) is 0 Å². The Labute approximate surface area is 161 Å². The Kier molecular flexibility index (Phi) is 5.18. The third-order valence-corrected chi connectivity index (χ3v) is 5.80. The second-order valence-electron chi connectivity index (χ2n) is 6.84. The van der Waals surface area contributed by atoms with Crippen molar-refractivity contribution in [2.75, 3.05) is 23.8 Å². The minimum Gasteiger partial charge on any atom is -0.486 e. The van der Waals surface area contributed by atoms with Crippen LogP contribution in [-0.4, -0.2) is 35.3 Å². The monoisotopic (exact) mass is 389 g/mol. The van der Waals surface area contributed by atoms with Crippen LogP contribution in [0.25, 0.3) is 0 Å². The van der Waals surface area contributed by atoms with E-state index in [9.17, 15) is 9.90 Å². The lowest BCUT2D eigenvalue weighted by atomic mass is 10.1. The van der Waals surface area contributed by atoms with Gasteiger partial charge in [-0.15, -0.1) is 0 Å². The Morgan fingerprint density at radius 3 is 2.74 bits per heavy atom. The van der Waals surface area contributed by atoms with Gasteiger partial charge >= 0.3 is 0 Å². The average Bonchev–Trinajstić information content (AvgIpc) is 3.30. The average molecular weight is 389 g/mol. The van der Waals surface area contributed by atoms with Crippen molar-refractivity contribution in [1.29, 1.82) is 0 Å². The number of rotatable bonds is 5. The van der Waals surface area contributed by atoms with Gasteiger partial charge in [0, 0.05) is 13.0 Å². The molecule has 4 rings (SSSR count). The molecule has 2 aromatic rings. The van der Waals surface area contributed by atoms with Crippen molar-refractivity contribution in [3.8, 4) is 11.5 Å². The van der Waals surface area contributed by atoms with Gasteiger partial charge < -0.3 is 25.2 Å². The van der Waals surface area contributed by atoms with E-state index in [2.05, 4.69) is 15.6 Å². The zero-order chi connectivity index (χ0) is 18.8. The summed E-state index contributed by atoms with van der Waals surface area (Å²) in [5, 5.41) is 17.8. The number of nitrogens with one attached hydrogen (secondary N) is 2. The number of thiazole rings is 1. The second kappa shape index (κ2) is 7.74. The molecule has 7 nitrogen and oxygen atoms in total. The van der Waals surface area contributed by atoms with Crippen LogP contribution < -0.4 is 20.1 Å². The highest BCUT2D eigenvalue weighted by molar-refractivity contribution is 7.16. The van der Waals surface area contributed by atoms with Gasteiger partial charge in [0.1, 0.15) is 19.3 Å². The van der Waals surface area contributed by atoms with Crippen molar-refractivity contribution in [2.45, 2.75) is 44.8 Å². The first-order valence-corrected chi connectivity index (χ1v) is 10.0. The number of aromatic nitrogens is 1. The number of aliphatic hydroxyl groups is 1. The number of anilines is 2. The molecule has 0 spiro atoms. The van der Waals surface area contributed by atoms with Crippen LogP contribution in [0.2, 0.25) is 0 Å². The highest BCUT2D eigenvalue weighted by Crippen LogP contribution is 2.40. The molecule has 1 fully saturated rings. The highest BCUT2D eigenvalue weighted by atomic mass is 32.1. The molecule has 144 valence electrons. The summed E-state index contributed by atoms with van der Waals surface area (Å²) in [6, 6.07) is 5.78. The fourth-order valence-electron chi connectivity index (χ4n) is 3.46. The van der Waals surface area contributed by atoms with Crippen molar-refractivity contribution < 1.29 is 19.4 Å². The molecule has 0 saturated heterocycles.